The fourth-order valence-electron chi connectivity index (χ4n) is 1.81. The molecule has 0 bridgehead atoms. The van der Waals surface area contributed by atoms with E-state index in [1.54, 1.807) is 12.3 Å². The van der Waals surface area contributed by atoms with Gasteiger partial charge in [-0.25, -0.2) is 4.98 Å². The third-order valence-corrected chi connectivity index (χ3v) is 3.37. The smallest absolute Gasteiger partial charge is 0.171 e. The lowest BCUT2D eigenvalue weighted by Gasteiger charge is -2.20. The van der Waals surface area contributed by atoms with Gasteiger partial charge in [0.1, 0.15) is 0 Å². The number of nitrogens with zero attached hydrogens (tertiary/aromatic N) is 3. The summed E-state index contributed by atoms with van der Waals surface area (Å²) in [6, 6.07) is 9.57. The Morgan fingerprint density at radius 1 is 1.30 bits per heavy atom. The van der Waals surface area contributed by atoms with Crippen molar-refractivity contribution in [2.45, 2.75) is 6.92 Å². The molecule has 1 aromatic carbocycles. The van der Waals surface area contributed by atoms with E-state index < -0.39 is 0 Å². The molecule has 6 heteroatoms. The highest BCUT2D eigenvalue weighted by atomic mass is 35.5. The molecule has 0 saturated heterocycles. The molecule has 104 valence electrons. The van der Waals surface area contributed by atoms with Gasteiger partial charge in [0, 0.05) is 24.5 Å². The molecule has 2 rings (SSSR count). The number of halogens is 1. The van der Waals surface area contributed by atoms with Gasteiger partial charge in [0.2, 0.25) is 0 Å². The lowest BCUT2D eigenvalue weighted by Crippen LogP contribution is -2.17. The van der Waals surface area contributed by atoms with Gasteiger partial charge in [0.15, 0.2) is 11.7 Å². The molecule has 1 aromatic heterocycles. The fourth-order valence-corrected chi connectivity index (χ4v) is 2.14. The zero-order valence-corrected chi connectivity index (χ0v) is 12.0. The van der Waals surface area contributed by atoms with Gasteiger partial charge < -0.3 is 15.8 Å². The van der Waals surface area contributed by atoms with Crippen molar-refractivity contribution in [3.05, 3.63) is 52.7 Å². The number of aromatic nitrogens is 1. The van der Waals surface area contributed by atoms with Crippen molar-refractivity contribution in [2.75, 3.05) is 11.9 Å². The summed E-state index contributed by atoms with van der Waals surface area (Å²) in [6.07, 6.45) is 1.57. The van der Waals surface area contributed by atoms with Crippen LogP contribution in [0, 0.1) is 6.92 Å². The predicted molar refractivity (Wildman–Crippen MR) is 81.0 cm³/mol. The van der Waals surface area contributed by atoms with E-state index in [1.165, 1.54) is 5.56 Å². The van der Waals surface area contributed by atoms with Crippen molar-refractivity contribution in [2.24, 2.45) is 10.9 Å². The average molecular weight is 291 g/mol. The first kappa shape index (κ1) is 14.1. The van der Waals surface area contributed by atoms with Gasteiger partial charge >= 0.3 is 0 Å². The maximum absolute atomic E-state index is 8.76. The molecule has 0 aliphatic heterocycles. The Balaban J connectivity index is 2.45. The summed E-state index contributed by atoms with van der Waals surface area (Å²) in [5.74, 6) is 0.496. The molecule has 0 spiro atoms. The summed E-state index contributed by atoms with van der Waals surface area (Å²) < 4.78 is 0. The standard InChI is InChI=1S/C14H15ClN4O/c1-9-3-5-10(6-4-9)19(2)14-12(15)11(7-8-17-14)13(16)18-20/h3-8,20H,1-2H3,(H2,16,18). The number of benzene rings is 1. The molecular formula is C14H15ClN4O. The maximum atomic E-state index is 8.76. The Kier molecular flexibility index (Phi) is 4.10. The van der Waals surface area contributed by atoms with Crippen molar-refractivity contribution in [1.82, 2.24) is 4.98 Å². The van der Waals surface area contributed by atoms with Gasteiger partial charge in [0.25, 0.3) is 0 Å². The Hall–Kier alpha value is -2.27. The summed E-state index contributed by atoms with van der Waals surface area (Å²) in [4.78, 5) is 6.10. The number of rotatable bonds is 3. The van der Waals surface area contributed by atoms with Crippen LogP contribution in [0.5, 0.6) is 0 Å². The number of hydrogen-bond acceptors (Lipinski definition) is 4. The van der Waals surface area contributed by atoms with E-state index in [0.29, 0.717) is 16.4 Å². The third kappa shape index (κ3) is 2.67. The molecule has 0 saturated carbocycles. The SMILES string of the molecule is Cc1ccc(N(C)c2nccc(/C(N)=N/O)c2Cl)cc1. The van der Waals surface area contributed by atoms with Gasteiger partial charge in [-0.05, 0) is 25.1 Å². The minimum absolute atomic E-state index is 0.0454. The molecule has 0 aliphatic carbocycles. The van der Waals surface area contributed by atoms with E-state index in [9.17, 15) is 0 Å². The van der Waals surface area contributed by atoms with Crippen molar-refractivity contribution in [3.63, 3.8) is 0 Å². The van der Waals surface area contributed by atoms with Crippen molar-refractivity contribution < 1.29 is 5.21 Å². The number of amidine groups is 1. The van der Waals surface area contributed by atoms with Gasteiger partial charge in [-0.3, -0.25) is 0 Å². The molecule has 3 N–H and O–H groups in total. The first-order valence-electron chi connectivity index (χ1n) is 5.97. The highest BCUT2D eigenvalue weighted by Gasteiger charge is 2.15. The molecule has 5 nitrogen and oxygen atoms in total. The van der Waals surface area contributed by atoms with E-state index in [-0.39, 0.29) is 5.84 Å². The zero-order chi connectivity index (χ0) is 14.7. The van der Waals surface area contributed by atoms with Crippen LogP contribution in [-0.4, -0.2) is 23.1 Å². The van der Waals surface area contributed by atoms with E-state index in [0.717, 1.165) is 5.69 Å². The van der Waals surface area contributed by atoms with Crippen LogP contribution in [0.1, 0.15) is 11.1 Å². The summed E-state index contributed by atoms with van der Waals surface area (Å²) in [7, 11) is 1.86. The number of anilines is 2. The van der Waals surface area contributed by atoms with Crippen molar-refractivity contribution in [1.29, 1.82) is 0 Å². The van der Waals surface area contributed by atoms with Gasteiger partial charge in [-0.1, -0.05) is 34.5 Å². The predicted octanol–water partition coefficient (Wildman–Crippen LogP) is 2.91. The maximum Gasteiger partial charge on any atom is 0.171 e. The molecule has 2 aromatic rings. The van der Waals surface area contributed by atoms with Gasteiger partial charge in [0.05, 0.1) is 5.02 Å². The molecular weight excluding hydrogens is 276 g/mol. The number of nitrogens with two attached hydrogens (primary N) is 1. The second kappa shape index (κ2) is 5.79. The highest BCUT2D eigenvalue weighted by Crippen LogP contribution is 2.30. The Bertz CT molecular complexity index is 640. The van der Waals surface area contributed by atoms with Crippen LogP contribution in [0.3, 0.4) is 0 Å². The fraction of sp³-hybridized carbons (Fsp3) is 0.143. The minimum Gasteiger partial charge on any atom is -0.409 e. The normalized spacial score (nSPS) is 11.4. The van der Waals surface area contributed by atoms with Crippen LogP contribution in [-0.2, 0) is 0 Å². The monoisotopic (exact) mass is 290 g/mol. The van der Waals surface area contributed by atoms with E-state index >= 15 is 0 Å². The Labute approximate surface area is 122 Å². The first-order valence-corrected chi connectivity index (χ1v) is 6.35. The van der Waals surface area contributed by atoms with Crippen LogP contribution in [0.4, 0.5) is 11.5 Å². The first-order chi connectivity index (χ1) is 9.54. The molecule has 20 heavy (non-hydrogen) atoms. The van der Waals surface area contributed by atoms with Gasteiger partial charge in [-0.15, -0.1) is 0 Å². The summed E-state index contributed by atoms with van der Waals surface area (Å²) >= 11 is 6.28. The van der Waals surface area contributed by atoms with Crippen molar-refractivity contribution in [3.8, 4) is 0 Å². The molecule has 0 fully saturated rings. The lowest BCUT2D eigenvalue weighted by molar-refractivity contribution is 0.318. The van der Waals surface area contributed by atoms with Crippen LogP contribution in [0.15, 0.2) is 41.7 Å². The second-order valence-electron chi connectivity index (χ2n) is 4.38. The number of pyridine rings is 1. The summed E-state index contributed by atoms with van der Waals surface area (Å²) in [5, 5.41) is 12.1. The van der Waals surface area contributed by atoms with Gasteiger partial charge in [-0.2, -0.15) is 0 Å². The Morgan fingerprint density at radius 3 is 2.55 bits per heavy atom. The summed E-state index contributed by atoms with van der Waals surface area (Å²) in [6.45, 7) is 2.02. The third-order valence-electron chi connectivity index (χ3n) is 2.99. The Morgan fingerprint density at radius 2 is 1.95 bits per heavy atom. The van der Waals surface area contributed by atoms with E-state index in [2.05, 4.69) is 10.1 Å². The molecule has 0 unspecified atom stereocenters. The van der Waals surface area contributed by atoms with E-state index in [4.69, 9.17) is 22.5 Å². The van der Waals surface area contributed by atoms with Crippen LogP contribution in [0.2, 0.25) is 5.02 Å². The lowest BCUT2D eigenvalue weighted by atomic mass is 10.2. The molecule has 0 aliphatic rings. The van der Waals surface area contributed by atoms with Crippen molar-refractivity contribution >= 4 is 28.9 Å². The molecule has 1 heterocycles. The molecule has 0 atom stereocenters. The highest BCUT2D eigenvalue weighted by molar-refractivity contribution is 6.36. The topological polar surface area (TPSA) is 74.7 Å². The van der Waals surface area contributed by atoms with Crippen LogP contribution in [0.25, 0.3) is 0 Å². The van der Waals surface area contributed by atoms with Crippen LogP contribution >= 0.6 is 11.6 Å². The molecule has 0 amide bonds. The second-order valence-corrected chi connectivity index (χ2v) is 4.75. The zero-order valence-electron chi connectivity index (χ0n) is 11.2. The van der Waals surface area contributed by atoms with E-state index in [1.807, 2.05) is 43.1 Å². The molecule has 0 radical (unpaired) electrons. The quantitative estimate of drug-likeness (QED) is 0.394. The largest absolute Gasteiger partial charge is 0.409 e. The average Bonchev–Trinajstić information content (AvgIpc) is 2.47. The number of aryl methyl sites for hydroxylation is 1. The minimum atomic E-state index is -0.0454. The van der Waals surface area contributed by atoms with Crippen LogP contribution < -0.4 is 10.6 Å². The number of oxime groups is 1. The number of hydrogen-bond donors (Lipinski definition) is 2. The summed E-state index contributed by atoms with van der Waals surface area (Å²) in [5.41, 5.74) is 8.15.